The Balaban J connectivity index is 1.54. The van der Waals surface area contributed by atoms with Gasteiger partial charge < -0.3 is 19.6 Å². The van der Waals surface area contributed by atoms with Crippen molar-refractivity contribution in [2.45, 2.75) is 32.6 Å². The number of piperidine rings is 1. The summed E-state index contributed by atoms with van der Waals surface area (Å²) < 4.78 is 0. The predicted octanol–water partition coefficient (Wildman–Crippen LogP) is 2.14. The van der Waals surface area contributed by atoms with Crippen LogP contribution in [0, 0.1) is 10.8 Å². The topological polar surface area (TPSA) is 64.2 Å². The van der Waals surface area contributed by atoms with Crippen molar-refractivity contribution in [2.24, 2.45) is 10.8 Å². The van der Waals surface area contributed by atoms with Gasteiger partial charge in [-0.2, -0.15) is 11.3 Å². The Kier molecular flexibility index (Phi) is 5.55. The summed E-state index contributed by atoms with van der Waals surface area (Å²) in [7, 11) is 3.53. The lowest BCUT2D eigenvalue weighted by Gasteiger charge is -2.46. The van der Waals surface area contributed by atoms with E-state index in [0.29, 0.717) is 39.1 Å². The second kappa shape index (κ2) is 7.87. The first-order chi connectivity index (χ1) is 14.3. The minimum Gasteiger partial charge on any atom is -0.342 e. The van der Waals surface area contributed by atoms with E-state index in [1.165, 1.54) is 0 Å². The minimum absolute atomic E-state index is 0.0232. The maximum Gasteiger partial charge on any atom is 0.319 e. The number of urea groups is 1. The van der Waals surface area contributed by atoms with Crippen molar-refractivity contribution in [1.82, 2.24) is 19.6 Å². The molecule has 0 unspecified atom stereocenters. The highest BCUT2D eigenvalue weighted by molar-refractivity contribution is 7.08. The molecule has 0 radical (unpaired) electrons. The van der Waals surface area contributed by atoms with Crippen molar-refractivity contribution in [1.29, 1.82) is 0 Å². The minimum atomic E-state index is -0.503. The molecule has 0 N–H and O–H groups in total. The van der Waals surface area contributed by atoms with E-state index in [2.05, 4.69) is 0 Å². The van der Waals surface area contributed by atoms with Gasteiger partial charge in [-0.25, -0.2) is 4.79 Å². The Bertz CT molecular complexity index is 816. The fraction of sp³-hybridized carbons (Fsp3) is 0.682. The quantitative estimate of drug-likeness (QED) is 0.735. The number of rotatable bonds is 3. The number of likely N-dealkylation sites (tertiary alicyclic amines) is 3. The molecule has 0 saturated carbocycles. The van der Waals surface area contributed by atoms with Gasteiger partial charge in [0, 0.05) is 58.8 Å². The molecule has 3 aliphatic rings. The first kappa shape index (κ1) is 21.2. The predicted molar refractivity (Wildman–Crippen MR) is 116 cm³/mol. The second-order valence-corrected chi connectivity index (χ2v) is 10.00. The molecule has 7 nitrogen and oxygen atoms in total. The Morgan fingerprint density at radius 3 is 2.40 bits per heavy atom. The summed E-state index contributed by atoms with van der Waals surface area (Å²) in [6.07, 6.45) is 2.81. The molecule has 0 aromatic carbocycles. The Morgan fingerprint density at radius 2 is 1.83 bits per heavy atom. The Morgan fingerprint density at radius 1 is 1.10 bits per heavy atom. The lowest BCUT2D eigenvalue weighted by Crippen LogP contribution is -2.53. The van der Waals surface area contributed by atoms with Crippen LogP contribution in [0.4, 0.5) is 4.79 Å². The third kappa shape index (κ3) is 3.29. The monoisotopic (exact) mass is 432 g/mol. The largest absolute Gasteiger partial charge is 0.342 e. The summed E-state index contributed by atoms with van der Waals surface area (Å²) in [4.78, 5) is 46.4. The van der Waals surface area contributed by atoms with E-state index in [-0.39, 0.29) is 23.3 Å². The lowest BCUT2D eigenvalue weighted by atomic mass is 9.60. The highest BCUT2D eigenvalue weighted by Gasteiger charge is 2.65. The van der Waals surface area contributed by atoms with Crippen LogP contribution < -0.4 is 0 Å². The molecule has 8 heteroatoms. The molecule has 3 saturated heterocycles. The summed E-state index contributed by atoms with van der Waals surface area (Å²) in [6.45, 7) is 5.93. The summed E-state index contributed by atoms with van der Waals surface area (Å²) in [5.41, 5.74) is 0.325. The Labute approximate surface area is 182 Å². The SMILES string of the molecule is CCN1CC[C@@]2(CN(C(=O)N(C)C)CC23CCN(C(=O)Cc2ccsc2)CC3)C1=O. The molecule has 3 fully saturated rings. The van der Waals surface area contributed by atoms with Gasteiger partial charge in [-0.15, -0.1) is 0 Å². The molecule has 2 spiro atoms. The molecule has 1 atom stereocenters. The molecule has 1 aromatic rings. The van der Waals surface area contributed by atoms with E-state index in [9.17, 15) is 14.4 Å². The number of hydrogen-bond acceptors (Lipinski definition) is 4. The van der Waals surface area contributed by atoms with Crippen LogP contribution in [0.2, 0.25) is 0 Å². The van der Waals surface area contributed by atoms with Gasteiger partial charge in [-0.3, -0.25) is 9.59 Å². The van der Waals surface area contributed by atoms with Gasteiger partial charge in [-0.1, -0.05) is 0 Å². The molecule has 4 rings (SSSR count). The van der Waals surface area contributed by atoms with Gasteiger partial charge in [0.25, 0.3) is 0 Å². The van der Waals surface area contributed by atoms with Crippen LogP contribution in [-0.2, 0) is 16.0 Å². The average molecular weight is 433 g/mol. The van der Waals surface area contributed by atoms with Crippen molar-refractivity contribution in [3.8, 4) is 0 Å². The molecule has 3 aliphatic heterocycles. The molecule has 164 valence electrons. The molecular formula is C22H32N4O3S. The zero-order chi connectivity index (χ0) is 21.5. The summed E-state index contributed by atoms with van der Waals surface area (Å²) >= 11 is 1.61. The fourth-order valence-corrected chi connectivity index (χ4v) is 6.43. The van der Waals surface area contributed by atoms with Crippen LogP contribution in [0.3, 0.4) is 0 Å². The van der Waals surface area contributed by atoms with Crippen molar-refractivity contribution < 1.29 is 14.4 Å². The third-order valence-electron chi connectivity index (χ3n) is 7.52. The lowest BCUT2D eigenvalue weighted by molar-refractivity contribution is -0.143. The molecule has 1 aromatic heterocycles. The molecular weight excluding hydrogens is 400 g/mol. The van der Waals surface area contributed by atoms with Crippen LogP contribution in [0.15, 0.2) is 16.8 Å². The van der Waals surface area contributed by atoms with Gasteiger partial charge in [-0.05, 0) is 48.6 Å². The number of amides is 4. The van der Waals surface area contributed by atoms with E-state index >= 15 is 0 Å². The van der Waals surface area contributed by atoms with Gasteiger partial charge in [0.1, 0.15) is 0 Å². The second-order valence-electron chi connectivity index (χ2n) is 9.22. The van der Waals surface area contributed by atoms with Crippen LogP contribution >= 0.6 is 11.3 Å². The maximum atomic E-state index is 13.5. The highest BCUT2D eigenvalue weighted by atomic mass is 32.1. The molecule has 4 amide bonds. The summed E-state index contributed by atoms with van der Waals surface area (Å²) in [5, 5.41) is 4.02. The number of carbonyl (C=O) groups excluding carboxylic acids is 3. The summed E-state index contributed by atoms with van der Waals surface area (Å²) in [5.74, 6) is 0.363. The van der Waals surface area contributed by atoms with E-state index in [1.54, 1.807) is 30.3 Å². The standard InChI is InChI=1S/C22H32N4O3S/c1-4-24-11-8-22(19(24)28)16-26(20(29)23(2)3)15-21(22)6-9-25(10-7-21)18(27)13-17-5-12-30-14-17/h5,12,14H,4,6-11,13,15-16H2,1-3H3/t22-/m1/s1. The van der Waals surface area contributed by atoms with Crippen molar-refractivity contribution in [2.75, 3.05) is 53.4 Å². The van der Waals surface area contributed by atoms with E-state index < -0.39 is 5.41 Å². The van der Waals surface area contributed by atoms with Gasteiger partial charge in [0.2, 0.25) is 11.8 Å². The molecule has 0 aliphatic carbocycles. The van der Waals surface area contributed by atoms with Crippen molar-refractivity contribution >= 4 is 29.2 Å². The average Bonchev–Trinajstić information content (AvgIpc) is 3.43. The van der Waals surface area contributed by atoms with Crippen LogP contribution in [0.1, 0.15) is 31.7 Å². The van der Waals surface area contributed by atoms with Crippen LogP contribution in [0.5, 0.6) is 0 Å². The molecule has 30 heavy (non-hydrogen) atoms. The maximum absolute atomic E-state index is 13.5. The zero-order valence-corrected chi connectivity index (χ0v) is 19.0. The number of nitrogens with zero attached hydrogens (tertiary/aromatic N) is 4. The van der Waals surface area contributed by atoms with Gasteiger partial charge >= 0.3 is 6.03 Å². The van der Waals surface area contributed by atoms with Crippen LogP contribution in [-0.4, -0.2) is 90.8 Å². The zero-order valence-electron chi connectivity index (χ0n) is 18.2. The van der Waals surface area contributed by atoms with Crippen molar-refractivity contribution in [3.05, 3.63) is 22.4 Å². The van der Waals surface area contributed by atoms with Gasteiger partial charge in [0.15, 0.2) is 0 Å². The first-order valence-corrected chi connectivity index (χ1v) is 11.8. The Hall–Kier alpha value is -2.09. The number of hydrogen-bond donors (Lipinski definition) is 0. The smallest absolute Gasteiger partial charge is 0.319 e. The highest BCUT2D eigenvalue weighted by Crippen LogP contribution is 2.58. The van der Waals surface area contributed by atoms with E-state index in [4.69, 9.17) is 0 Å². The third-order valence-corrected chi connectivity index (χ3v) is 8.25. The summed E-state index contributed by atoms with van der Waals surface area (Å²) in [6, 6.07) is 1.98. The number of fused-ring (bicyclic) bond motifs is 1. The van der Waals surface area contributed by atoms with E-state index in [0.717, 1.165) is 31.4 Å². The van der Waals surface area contributed by atoms with E-state index in [1.807, 2.05) is 38.4 Å². The fourth-order valence-electron chi connectivity index (χ4n) is 5.76. The van der Waals surface area contributed by atoms with Crippen LogP contribution in [0.25, 0.3) is 0 Å². The normalized spacial score (nSPS) is 25.6. The van der Waals surface area contributed by atoms with Gasteiger partial charge in [0.05, 0.1) is 11.8 Å². The first-order valence-electron chi connectivity index (χ1n) is 10.9. The van der Waals surface area contributed by atoms with Crippen molar-refractivity contribution in [3.63, 3.8) is 0 Å². The molecule has 0 bridgehead atoms. The number of thiophene rings is 1. The number of carbonyl (C=O) groups is 3. The molecule has 4 heterocycles.